The number of rotatable bonds is 4. The molecule has 1 heterocycles. The van der Waals surface area contributed by atoms with Gasteiger partial charge in [-0.3, -0.25) is 9.78 Å². The number of carbonyl (C=O) groups is 1. The summed E-state index contributed by atoms with van der Waals surface area (Å²) in [5.41, 5.74) is 2.01. The van der Waals surface area contributed by atoms with E-state index in [2.05, 4.69) is 15.6 Å². The standard InChI is InChI=1S/C18H14FN3O/c19-16-12-15(21-14-8-10-20-11-9-14)6-7-17(16)22-18(23)13-4-2-1-3-5-13/h1-12H,(H,20,21)(H,22,23). The topological polar surface area (TPSA) is 54.0 Å². The number of benzene rings is 2. The van der Waals surface area contributed by atoms with Crippen molar-refractivity contribution >= 4 is 23.0 Å². The lowest BCUT2D eigenvalue weighted by Crippen LogP contribution is -2.12. The Morgan fingerprint density at radius 3 is 2.35 bits per heavy atom. The van der Waals surface area contributed by atoms with Gasteiger partial charge in [0, 0.05) is 29.3 Å². The Morgan fingerprint density at radius 1 is 0.913 bits per heavy atom. The van der Waals surface area contributed by atoms with Crippen LogP contribution in [0.15, 0.2) is 73.1 Å². The minimum Gasteiger partial charge on any atom is -0.355 e. The van der Waals surface area contributed by atoms with E-state index in [4.69, 9.17) is 0 Å². The van der Waals surface area contributed by atoms with Gasteiger partial charge in [0.2, 0.25) is 0 Å². The van der Waals surface area contributed by atoms with E-state index in [1.165, 1.54) is 12.1 Å². The summed E-state index contributed by atoms with van der Waals surface area (Å²) >= 11 is 0. The average molecular weight is 307 g/mol. The molecule has 114 valence electrons. The van der Waals surface area contributed by atoms with Crippen LogP contribution < -0.4 is 10.6 Å². The van der Waals surface area contributed by atoms with E-state index in [0.717, 1.165) is 5.69 Å². The first-order valence-corrected chi connectivity index (χ1v) is 7.05. The van der Waals surface area contributed by atoms with Gasteiger partial charge in [0.05, 0.1) is 5.69 Å². The maximum atomic E-state index is 14.2. The van der Waals surface area contributed by atoms with Crippen LogP contribution in [-0.4, -0.2) is 10.9 Å². The first-order valence-electron chi connectivity index (χ1n) is 7.05. The van der Waals surface area contributed by atoms with Crippen molar-refractivity contribution in [1.82, 2.24) is 4.98 Å². The van der Waals surface area contributed by atoms with Crippen molar-refractivity contribution in [1.29, 1.82) is 0 Å². The number of anilines is 3. The van der Waals surface area contributed by atoms with Gasteiger partial charge in [0.1, 0.15) is 5.82 Å². The second-order valence-corrected chi connectivity index (χ2v) is 4.88. The van der Waals surface area contributed by atoms with Crippen LogP contribution in [0.1, 0.15) is 10.4 Å². The first kappa shape index (κ1) is 14.7. The molecule has 5 heteroatoms. The van der Waals surface area contributed by atoms with Crippen molar-refractivity contribution in [2.24, 2.45) is 0 Å². The molecule has 2 aromatic carbocycles. The Morgan fingerprint density at radius 2 is 1.65 bits per heavy atom. The summed E-state index contributed by atoms with van der Waals surface area (Å²) in [5, 5.41) is 5.63. The third-order valence-corrected chi connectivity index (χ3v) is 3.22. The molecule has 0 spiro atoms. The van der Waals surface area contributed by atoms with Crippen LogP contribution in [-0.2, 0) is 0 Å². The first-order chi connectivity index (χ1) is 11.2. The minimum atomic E-state index is -0.506. The smallest absolute Gasteiger partial charge is 0.255 e. The molecular weight excluding hydrogens is 293 g/mol. The van der Waals surface area contributed by atoms with E-state index in [1.807, 2.05) is 6.07 Å². The molecule has 0 bridgehead atoms. The predicted molar refractivity (Wildman–Crippen MR) is 88.3 cm³/mol. The lowest BCUT2D eigenvalue weighted by atomic mass is 10.2. The summed E-state index contributed by atoms with van der Waals surface area (Å²) in [4.78, 5) is 16.0. The van der Waals surface area contributed by atoms with E-state index < -0.39 is 5.82 Å². The molecule has 0 radical (unpaired) electrons. The van der Waals surface area contributed by atoms with Gasteiger partial charge in [-0.2, -0.15) is 0 Å². The van der Waals surface area contributed by atoms with Crippen LogP contribution in [0.5, 0.6) is 0 Å². The number of aromatic nitrogens is 1. The zero-order valence-corrected chi connectivity index (χ0v) is 12.2. The fourth-order valence-corrected chi connectivity index (χ4v) is 2.08. The number of carbonyl (C=O) groups excluding carboxylic acids is 1. The van der Waals surface area contributed by atoms with Gasteiger partial charge in [0.25, 0.3) is 5.91 Å². The summed E-state index contributed by atoms with van der Waals surface area (Å²) in [6.45, 7) is 0. The Kier molecular flexibility index (Phi) is 4.29. The van der Waals surface area contributed by atoms with E-state index in [-0.39, 0.29) is 11.6 Å². The molecule has 3 aromatic rings. The molecule has 0 aliphatic carbocycles. The zero-order chi connectivity index (χ0) is 16.1. The molecule has 0 aliphatic heterocycles. The lowest BCUT2D eigenvalue weighted by molar-refractivity contribution is 0.102. The summed E-state index contributed by atoms with van der Waals surface area (Å²) in [7, 11) is 0. The molecule has 4 nitrogen and oxygen atoms in total. The summed E-state index contributed by atoms with van der Waals surface area (Å²) in [5.74, 6) is -0.854. The highest BCUT2D eigenvalue weighted by atomic mass is 19.1. The van der Waals surface area contributed by atoms with E-state index >= 15 is 0 Å². The monoisotopic (exact) mass is 307 g/mol. The third-order valence-electron chi connectivity index (χ3n) is 3.22. The molecule has 23 heavy (non-hydrogen) atoms. The highest BCUT2D eigenvalue weighted by Crippen LogP contribution is 2.22. The van der Waals surface area contributed by atoms with Gasteiger partial charge in [-0.15, -0.1) is 0 Å². The van der Waals surface area contributed by atoms with E-state index in [9.17, 15) is 9.18 Å². The second kappa shape index (κ2) is 6.70. The molecule has 2 N–H and O–H groups in total. The Balaban J connectivity index is 1.73. The summed E-state index contributed by atoms with van der Waals surface area (Å²) in [6, 6.07) is 16.8. The van der Waals surface area contributed by atoms with Crippen molar-refractivity contribution in [2.75, 3.05) is 10.6 Å². The summed E-state index contributed by atoms with van der Waals surface area (Å²) in [6.07, 6.45) is 3.29. The van der Waals surface area contributed by atoms with Crippen LogP contribution >= 0.6 is 0 Å². The molecule has 0 unspecified atom stereocenters. The maximum absolute atomic E-state index is 14.2. The maximum Gasteiger partial charge on any atom is 0.255 e. The Labute approximate surface area is 133 Å². The number of nitrogens with one attached hydrogen (secondary N) is 2. The van der Waals surface area contributed by atoms with E-state index in [1.54, 1.807) is 54.9 Å². The van der Waals surface area contributed by atoms with Crippen molar-refractivity contribution in [3.8, 4) is 0 Å². The molecule has 1 amide bonds. The van der Waals surface area contributed by atoms with Crippen molar-refractivity contribution < 1.29 is 9.18 Å². The quantitative estimate of drug-likeness (QED) is 0.759. The molecule has 0 atom stereocenters. The minimum absolute atomic E-state index is 0.138. The molecule has 0 aliphatic rings. The Bertz CT molecular complexity index is 807. The molecule has 0 saturated carbocycles. The molecule has 1 aromatic heterocycles. The van der Waals surface area contributed by atoms with Gasteiger partial charge in [0.15, 0.2) is 0 Å². The van der Waals surface area contributed by atoms with Crippen LogP contribution in [0.3, 0.4) is 0 Å². The SMILES string of the molecule is O=C(Nc1ccc(Nc2ccncc2)cc1F)c1ccccc1. The van der Waals surface area contributed by atoms with Gasteiger partial charge in [-0.25, -0.2) is 4.39 Å². The molecule has 3 rings (SSSR count). The van der Waals surface area contributed by atoms with Gasteiger partial charge in [-0.05, 0) is 42.5 Å². The normalized spacial score (nSPS) is 10.1. The number of halogens is 1. The van der Waals surface area contributed by atoms with Crippen LogP contribution in [0.2, 0.25) is 0 Å². The molecule has 0 fully saturated rings. The van der Waals surface area contributed by atoms with Crippen LogP contribution in [0, 0.1) is 5.82 Å². The number of nitrogens with zero attached hydrogens (tertiary/aromatic N) is 1. The number of pyridine rings is 1. The number of hydrogen-bond donors (Lipinski definition) is 2. The Hall–Kier alpha value is -3.21. The lowest BCUT2D eigenvalue weighted by Gasteiger charge is -2.10. The van der Waals surface area contributed by atoms with Crippen LogP contribution in [0.25, 0.3) is 0 Å². The zero-order valence-electron chi connectivity index (χ0n) is 12.2. The molecular formula is C18H14FN3O. The third kappa shape index (κ3) is 3.71. The van der Waals surface area contributed by atoms with Gasteiger partial charge >= 0.3 is 0 Å². The predicted octanol–water partition coefficient (Wildman–Crippen LogP) is 4.22. The molecule has 0 saturated heterocycles. The highest BCUT2D eigenvalue weighted by molar-refractivity contribution is 6.04. The van der Waals surface area contributed by atoms with Gasteiger partial charge < -0.3 is 10.6 Å². The fourth-order valence-electron chi connectivity index (χ4n) is 2.08. The number of amides is 1. The fraction of sp³-hybridized carbons (Fsp3) is 0. The van der Waals surface area contributed by atoms with Crippen molar-refractivity contribution in [3.05, 3.63) is 84.4 Å². The second-order valence-electron chi connectivity index (χ2n) is 4.88. The van der Waals surface area contributed by atoms with E-state index in [0.29, 0.717) is 11.3 Å². The largest absolute Gasteiger partial charge is 0.355 e. The van der Waals surface area contributed by atoms with Gasteiger partial charge in [-0.1, -0.05) is 18.2 Å². The summed E-state index contributed by atoms with van der Waals surface area (Å²) < 4.78 is 14.2. The highest BCUT2D eigenvalue weighted by Gasteiger charge is 2.09. The van der Waals surface area contributed by atoms with Crippen molar-refractivity contribution in [2.45, 2.75) is 0 Å². The average Bonchev–Trinajstić information content (AvgIpc) is 2.59. The number of hydrogen-bond acceptors (Lipinski definition) is 3. The van der Waals surface area contributed by atoms with Crippen LogP contribution in [0.4, 0.5) is 21.5 Å². The van der Waals surface area contributed by atoms with Crippen molar-refractivity contribution in [3.63, 3.8) is 0 Å².